The second-order valence-corrected chi connectivity index (χ2v) is 5.73. The summed E-state index contributed by atoms with van der Waals surface area (Å²) in [5.74, 6) is 0. The Balaban J connectivity index is 2.13. The van der Waals surface area contributed by atoms with Crippen molar-refractivity contribution in [3.63, 3.8) is 0 Å². The summed E-state index contributed by atoms with van der Waals surface area (Å²) >= 11 is 0. The maximum atomic E-state index is 3.37. The van der Waals surface area contributed by atoms with Gasteiger partial charge in [-0.25, -0.2) is 0 Å². The van der Waals surface area contributed by atoms with Crippen molar-refractivity contribution in [1.29, 1.82) is 0 Å². The average Bonchev–Trinajstić information content (AvgIpc) is 2.77. The van der Waals surface area contributed by atoms with Crippen LogP contribution in [0.15, 0.2) is 30.5 Å². The van der Waals surface area contributed by atoms with Crippen molar-refractivity contribution >= 4 is 16.5 Å². The molecule has 0 saturated heterocycles. The number of hydrogen-bond donors (Lipinski definition) is 1. The van der Waals surface area contributed by atoms with Gasteiger partial charge < -0.3 is 9.88 Å². The molecule has 2 heterocycles. The summed E-state index contributed by atoms with van der Waals surface area (Å²) < 4.78 is 2.38. The third-order valence-corrected chi connectivity index (χ3v) is 4.02. The van der Waals surface area contributed by atoms with E-state index in [4.69, 9.17) is 0 Å². The monoisotopic (exact) mass is 254 g/mol. The summed E-state index contributed by atoms with van der Waals surface area (Å²) in [6.07, 6.45) is 5.73. The summed E-state index contributed by atoms with van der Waals surface area (Å²) in [4.78, 5) is 0. The molecule has 2 nitrogen and oxygen atoms in total. The molecule has 100 valence electrons. The molecule has 1 aliphatic heterocycles. The summed E-state index contributed by atoms with van der Waals surface area (Å²) in [6, 6.07) is 7.42. The number of nitrogens with zero attached hydrogens (tertiary/aromatic N) is 1. The summed E-state index contributed by atoms with van der Waals surface area (Å²) in [5, 5.41) is 4.76. The molecule has 0 aliphatic carbocycles. The van der Waals surface area contributed by atoms with Gasteiger partial charge in [0, 0.05) is 29.7 Å². The molecule has 1 aromatic carbocycles. The Morgan fingerprint density at radius 2 is 2.11 bits per heavy atom. The first kappa shape index (κ1) is 12.5. The molecular formula is C17H22N2. The smallest absolute Gasteiger partial charge is 0.0491 e. The minimum absolute atomic E-state index is 0.508. The van der Waals surface area contributed by atoms with E-state index in [2.05, 4.69) is 61.1 Å². The third-order valence-electron chi connectivity index (χ3n) is 4.02. The van der Waals surface area contributed by atoms with E-state index in [-0.39, 0.29) is 0 Å². The van der Waals surface area contributed by atoms with Gasteiger partial charge in [0.2, 0.25) is 0 Å². The van der Waals surface area contributed by atoms with Gasteiger partial charge in [-0.15, -0.1) is 0 Å². The number of rotatable bonds is 2. The molecule has 0 bridgehead atoms. The zero-order chi connectivity index (χ0) is 13.4. The predicted octanol–water partition coefficient (Wildman–Crippen LogP) is 3.91. The summed E-state index contributed by atoms with van der Waals surface area (Å²) in [5.41, 5.74) is 5.60. The largest absolute Gasteiger partial charge is 0.345 e. The van der Waals surface area contributed by atoms with Crippen LogP contribution in [-0.4, -0.2) is 17.7 Å². The zero-order valence-corrected chi connectivity index (χ0v) is 12.0. The number of aromatic nitrogens is 1. The number of benzene rings is 1. The van der Waals surface area contributed by atoms with Crippen molar-refractivity contribution in [2.45, 2.75) is 33.2 Å². The van der Waals surface area contributed by atoms with Crippen molar-refractivity contribution in [3.05, 3.63) is 41.6 Å². The SMILES string of the molecule is Cc1cn(C(C)C)c2cc(C3=CCNCC3)ccc12. The van der Waals surface area contributed by atoms with Crippen LogP contribution in [-0.2, 0) is 0 Å². The molecule has 1 N–H and O–H groups in total. The molecule has 2 heteroatoms. The van der Waals surface area contributed by atoms with Gasteiger partial charge in [0.1, 0.15) is 0 Å². The Morgan fingerprint density at radius 1 is 1.26 bits per heavy atom. The van der Waals surface area contributed by atoms with Crippen LogP contribution in [0.5, 0.6) is 0 Å². The van der Waals surface area contributed by atoms with E-state index in [1.165, 1.54) is 27.6 Å². The lowest BCUT2D eigenvalue weighted by Gasteiger charge is -2.15. The van der Waals surface area contributed by atoms with Crippen LogP contribution in [0.1, 0.15) is 37.4 Å². The highest BCUT2D eigenvalue weighted by Gasteiger charge is 2.11. The summed E-state index contributed by atoms with van der Waals surface area (Å²) in [7, 11) is 0. The van der Waals surface area contributed by atoms with Crippen molar-refractivity contribution in [2.24, 2.45) is 0 Å². The molecule has 0 atom stereocenters. The van der Waals surface area contributed by atoms with E-state index in [1.807, 2.05) is 0 Å². The van der Waals surface area contributed by atoms with Gasteiger partial charge in [0.15, 0.2) is 0 Å². The van der Waals surface area contributed by atoms with Gasteiger partial charge in [0.05, 0.1) is 0 Å². The molecule has 0 fully saturated rings. The molecule has 0 radical (unpaired) electrons. The minimum atomic E-state index is 0.508. The molecular weight excluding hydrogens is 232 g/mol. The second-order valence-electron chi connectivity index (χ2n) is 5.73. The van der Waals surface area contributed by atoms with E-state index >= 15 is 0 Å². The molecule has 1 aliphatic rings. The van der Waals surface area contributed by atoms with Crippen molar-refractivity contribution in [2.75, 3.05) is 13.1 Å². The minimum Gasteiger partial charge on any atom is -0.345 e. The van der Waals surface area contributed by atoms with Gasteiger partial charge in [-0.05, 0) is 56.5 Å². The highest BCUT2D eigenvalue weighted by atomic mass is 15.0. The topological polar surface area (TPSA) is 17.0 Å². The molecule has 19 heavy (non-hydrogen) atoms. The molecule has 0 spiro atoms. The quantitative estimate of drug-likeness (QED) is 0.860. The lowest BCUT2D eigenvalue weighted by molar-refractivity contribution is 0.622. The van der Waals surface area contributed by atoms with Gasteiger partial charge in [0.25, 0.3) is 0 Å². The number of hydrogen-bond acceptors (Lipinski definition) is 1. The first-order chi connectivity index (χ1) is 9.16. The first-order valence-corrected chi connectivity index (χ1v) is 7.18. The summed E-state index contributed by atoms with van der Waals surface area (Å²) in [6.45, 7) is 8.78. The van der Waals surface area contributed by atoms with Gasteiger partial charge in [-0.3, -0.25) is 0 Å². The van der Waals surface area contributed by atoms with Crippen LogP contribution < -0.4 is 5.32 Å². The molecule has 1 aromatic heterocycles. The van der Waals surface area contributed by atoms with E-state index in [0.29, 0.717) is 6.04 Å². The fourth-order valence-electron chi connectivity index (χ4n) is 2.94. The Kier molecular flexibility index (Phi) is 3.19. The lowest BCUT2D eigenvalue weighted by Crippen LogP contribution is -2.20. The van der Waals surface area contributed by atoms with Crippen LogP contribution in [0, 0.1) is 6.92 Å². The Labute approximate surface area is 115 Å². The van der Waals surface area contributed by atoms with Crippen LogP contribution >= 0.6 is 0 Å². The third kappa shape index (κ3) is 2.21. The zero-order valence-electron chi connectivity index (χ0n) is 12.0. The van der Waals surface area contributed by atoms with Crippen LogP contribution in [0.2, 0.25) is 0 Å². The van der Waals surface area contributed by atoms with E-state index < -0.39 is 0 Å². The van der Waals surface area contributed by atoms with E-state index in [1.54, 1.807) is 0 Å². The van der Waals surface area contributed by atoms with Crippen LogP contribution in [0.4, 0.5) is 0 Å². The highest BCUT2D eigenvalue weighted by Crippen LogP contribution is 2.29. The molecule has 2 aromatic rings. The molecule has 0 amide bonds. The van der Waals surface area contributed by atoms with E-state index in [9.17, 15) is 0 Å². The number of fused-ring (bicyclic) bond motifs is 1. The normalized spacial score (nSPS) is 16.1. The van der Waals surface area contributed by atoms with Crippen molar-refractivity contribution in [3.8, 4) is 0 Å². The second kappa shape index (κ2) is 4.86. The first-order valence-electron chi connectivity index (χ1n) is 7.18. The van der Waals surface area contributed by atoms with Gasteiger partial charge in [-0.1, -0.05) is 18.2 Å². The standard InChI is InChI=1S/C17H22N2/c1-12(2)19-11-13(3)16-5-4-15(10-17(16)19)14-6-8-18-9-7-14/h4-6,10-12,18H,7-9H2,1-3H3. The van der Waals surface area contributed by atoms with Crippen molar-refractivity contribution < 1.29 is 0 Å². The van der Waals surface area contributed by atoms with Crippen LogP contribution in [0.3, 0.4) is 0 Å². The van der Waals surface area contributed by atoms with Gasteiger partial charge in [-0.2, -0.15) is 0 Å². The maximum Gasteiger partial charge on any atom is 0.0491 e. The average molecular weight is 254 g/mol. The van der Waals surface area contributed by atoms with Gasteiger partial charge >= 0.3 is 0 Å². The molecule has 0 saturated carbocycles. The Morgan fingerprint density at radius 3 is 2.79 bits per heavy atom. The maximum absolute atomic E-state index is 3.37. The predicted molar refractivity (Wildman–Crippen MR) is 82.5 cm³/mol. The molecule has 3 rings (SSSR count). The van der Waals surface area contributed by atoms with E-state index in [0.717, 1.165) is 19.5 Å². The highest BCUT2D eigenvalue weighted by molar-refractivity contribution is 5.87. The number of aryl methyl sites for hydroxylation is 1. The Bertz CT molecular complexity index is 632. The molecule has 0 unspecified atom stereocenters. The Hall–Kier alpha value is -1.54. The lowest BCUT2D eigenvalue weighted by atomic mass is 9.99. The number of nitrogens with one attached hydrogen (secondary N) is 1. The van der Waals surface area contributed by atoms with Crippen LogP contribution in [0.25, 0.3) is 16.5 Å². The fourth-order valence-corrected chi connectivity index (χ4v) is 2.94. The van der Waals surface area contributed by atoms with Crippen molar-refractivity contribution in [1.82, 2.24) is 9.88 Å². The fraction of sp³-hybridized carbons (Fsp3) is 0.412.